The van der Waals surface area contributed by atoms with Crippen LogP contribution in [0.15, 0.2) is 12.3 Å². The van der Waals surface area contributed by atoms with Gasteiger partial charge in [-0.05, 0) is 55.3 Å². The van der Waals surface area contributed by atoms with Crippen LogP contribution in [0.25, 0.3) is 0 Å². The monoisotopic (exact) mass is 336 g/mol. The predicted molar refractivity (Wildman–Crippen MR) is 107 cm³/mol. The van der Waals surface area contributed by atoms with Gasteiger partial charge in [-0.2, -0.15) is 0 Å². The average molecular weight is 337 g/mol. The van der Waals surface area contributed by atoms with Crippen molar-refractivity contribution in [1.82, 2.24) is 0 Å². The van der Waals surface area contributed by atoms with Gasteiger partial charge in [-0.3, -0.25) is 0 Å². The fraction of sp³-hybridized carbons (Fsp3) is 0.913. The van der Waals surface area contributed by atoms with E-state index in [-0.39, 0.29) is 0 Å². The third-order valence-corrected chi connectivity index (χ3v) is 6.51. The second kappa shape index (κ2) is 9.88. The summed E-state index contributed by atoms with van der Waals surface area (Å²) in [5, 5.41) is 0. The minimum atomic E-state index is 0.372. The van der Waals surface area contributed by atoms with Crippen molar-refractivity contribution in [3.05, 3.63) is 12.3 Å². The lowest BCUT2D eigenvalue weighted by Gasteiger charge is -2.46. The van der Waals surface area contributed by atoms with Crippen molar-refractivity contribution >= 4 is 0 Å². The SMILES string of the molecule is C=C(C)OC1CC(C)C(CCC(C)CCCC(C)CC)C(C)(C)C1. The molecule has 1 nitrogen and oxygen atoms in total. The van der Waals surface area contributed by atoms with Gasteiger partial charge in [0.25, 0.3) is 0 Å². The summed E-state index contributed by atoms with van der Waals surface area (Å²) in [6.07, 6.45) is 11.1. The lowest BCUT2D eigenvalue weighted by molar-refractivity contribution is -0.0324. The Hall–Kier alpha value is -0.460. The highest BCUT2D eigenvalue weighted by molar-refractivity contribution is 4.92. The second-order valence-electron chi connectivity index (χ2n) is 9.58. The summed E-state index contributed by atoms with van der Waals surface area (Å²) in [4.78, 5) is 0. The molecule has 0 radical (unpaired) electrons. The highest BCUT2D eigenvalue weighted by atomic mass is 16.5. The highest BCUT2D eigenvalue weighted by Crippen LogP contribution is 2.47. The Labute approximate surface area is 152 Å². The minimum absolute atomic E-state index is 0.372. The summed E-state index contributed by atoms with van der Waals surface area (Å²) in [5.41, 5.74) is 0.383. The molecule has 0 spiro atoms. The molecule has 1 aliphatic carbocycles. The summed E-state index contributed by atoms with van der Waals surface area (Å²) in [6, 6.07) is 0. The van der Waals surface area contributed by atoms with Gasteiger partial charge >= 0.3 is 0 Å². The van der Waals surface area contributed by atoms with Gasteiger partial charge in [0.05, 0.1) is 11.9 Å². The molecular formula is C23H44O. The van der Waals surface area contributed by atoms with Crippen LogP contribution in [0.1, 0.15) is 99.8 Å². The van der Waals surface area contributed by atoms with E-state index in [9.17, 15) is 0 Å². The molecule has 1 fully saturated rings. The normalized spacial score (nSPS) is 29.0. The molecule has 5 atom stereocenters. The van der Waals surface area contributed by atoms with Crippen LogP contribution in [0.3, 0.4) is 0 Å². The van der Waals surface area contributed by atoms with Crippen molar-refractivity contribution in [1.29, 1.82) is 0 Å². The maximum atomic E-state index is 5.96. The molecular weight excluding hydrogens is 292 g/mol. The Balaban J connectivity index is 2.42. The Kier molecular flexibility index (Phi) is 8.88. The van der Waals surface area contributed by atoms with Crippen molar-refractivity contribution < 1.29 is 4.74 Å². The molecule has 1 rings (SSSR count). The number of ether oxygens (including phenoxy) is 1. The number of hydrogen-bond acceptors (Lipinski definition) is 1. The first kappa shape index (κ1) is 21.6. The number of rotatable bonds is 10. The first-order valence-electron chi connectivity index (χ1n) is 10.5. The van der Waals surface area contributed by atoms with E-state index < -0.39 is 0 Å². The highest BCUT2D eigenvalue weighted by Gasteiger charge is 2.41. The molecule has 0 heterocycles. The molecule has 1 heteroatoms. The van der Waals surface area contributed by atoms with Gasteiger partial charge in [-0.1, -0.05) is 80.2 Å². The Morgan fingerprint density at radius 3 is 2.33 bits per heavy atom. The lowest BCUT2D eigenvalue weighted by atomic mass is 9.61. The van der Waals surface area contributed by atoms with Gasteiger partial charge in [-0.25, -0.2) is 0 Å². The fourth-order valence-corrected chi connectivity index (χ4v) is 4.85. The van der Waals surface area contributed by atoms with E-state index in [4.69, 9.17) is 4.74 Å². The van der Waals surface area contributed by atoms with Crippen LogP contribution < -0.4 is 0 Å². The topological polar surface area (TPSA) is 9.23 Å². The number of allylic oxidation sites excluding steroid dienone is 1. The van der Waals surface area contributed by atoms with Crippen LogP contribution in [0.4, 0.5) is 0 Å². The summed E-state index contributed by atoms with van der Waals surface area (Å²) in [5.74, 6) is 4.24. The van der Waals surface area contributed by atoms with Crippen molar-refractivity contribution in [2.24, 2.45) is 29.1 Å². The van der Waals surface area contributed by atoms with E-state index in [1.165, 1.54) is 51.4 Å². The molecule has 1 aliphatic rings. The van der Waals surface area contributed by atoms with E-state index in [0.717, 1.165) is 29.4 Å². The lowest BCUT2D eigenvalue weighted by Crippen LogP contribution is -2.40. The van der Waals surface area contributed by atoms with Crippen LogP contribution >= 0.6 is 0 Å². The van der Waals surface area contributed by atoms with Crippen molar-refractivity contribution in [2.75, 3.05) is 0 Å². The molecule has 0 amide bonds. The third kappa shape index (κ3) is 7.19. The first-order valence-corrected chi connectivity index (χ1v) is 10.5. The third-order valence-electron chi connectivity index (χ3n) is 6.51. The average Bonchev–Trinajstić information content (AvgIpc) is 2.44. The van der Waals surface area contributed by atoms with Gasteiger partial charge in [0.1, 0.15) is 0 Å². The zero-order valence-corrected chi connectivity index (χ0v) is 17.7. The molecule has 0 N–H and O–H groups in total. The summed E-state index contributed by atoms with van der Waals surface area (Å²) < 4.78 is 5.96. The van der Waals surface area contributed by atoms with Gasteiger partial charge < -0.3 is 4.74 Å². The molecule has 0 aromatic carbocycles. The molecule has 0 aliphatic heterocycles. The van der Waals surface area contributed by atoms with E-state index >= 15 is 0 Å². The van der Waals surface area contributed by atoms with Gasteiger partial charge in [0.15, 0.2) is 0 Å². The largest absolute Gasteiger partial charge is 0.496 e. The van der Waals surface area contributed by atoms with Gasteiger partial charge in [0, 0.05) is 0 Å². The smallest absolute Gasteiger partial charge is 0.0989 e. The molecule has 5 unspecified atom stereocenters. The van der Waals surface area contributed by atoms with Gasteiger partial charge in [0.2, 0.25) is 0 Å². The quantitative estimate of drug-likeness (QED) is 0.373. The molecule has 0 bridgehead atoms. The van der Waals surface area contributed by atoms with E-state index in [1.54, 1.807) is 0 Å². The van der Waals surface area contributed by atoms with E-state index in [0.29, 0.717) is 11.5 Å². The van der Waals surface area contributed by atoms with Gasteiger partial charge in [-0.15, -0.1) is 0 Å². The maximum absolute atomic E-state index is 5.96. The molecule has 1 saturated carbocycles. The Bertz CT molecular complexity index is 370. The molecule has 0 aromatic heterocycles. The maximum Gasteiger partial charge on any atom is 0.0989 e. The summed E-state index contributed by atoms with van der Waals surface area (Å²) in [6.45, 7) is 20.4. The van der Waals surface area contributed by atoms with Crippen LogP contribution in [-0.4, -0.2) is 6.10 Å². The van der Waals surface area contributed by atoms with Crippen molar-refractivity contribution in [3.8, 4) is 0 Å². The standard InChI is InChI=1S/C23H44O/c1-9-18(4)11-10-12-19(5)13-14-22-20(6)15-21(24-17(2)3)16-23(22,7)8/h18-22H,2,9-16H2,1,3-8H3. The Morgan fingerprint density at radius 2 is 1.79 bits per heavy atom. The van der Waals surface area contributed by atoms with Crippen molar-refractivity contribution in [2.45, 2.75) is 106 Å². The molecule has 142 valence electrons. The van der Waals surface area contributed by atoms with Crippen LogP contribution in [0, 0.1) is 29.1 Å². The zero-order chi connectivity index (χ0) is 18.3. The van der Waals surface area contributed by atoms with Crippen molar-refractivity contribution in [3.63, 3.8) is 0 Å². The van der Waals surface area contributed by atoms with Crippen LogP contribution in [0.5, 0.6) is 0 Å². The Morgan fingerprint density at radius 1 is 1.17 bits per heavy atom. The van der Waals surface area contributed by atoms with E-state index in [1.807, 2.05) is 6.92 Å². The summed E-state index contributed by atoms with van der Waals surface area (Å²) >= 11 is 0. The number of hydrogen-bond donors (Lipinski definition) is 0. The summed E-state index contributed by atoms with van der Waals surface area (Å²) in [7, 11) is 0. The zero-order valence-electron chi connectivity index (χ0n) is 17.7. The molecule has 0 aromatic rings. The van der Waals surface area contributed by atoms with E-state index in [2.05, 4.69) is 48.1 Å². The molecule has 24 heavy (non-hydrogen) atoms. The molecule has 0 saturated heterocycles. The van der Waals surface area contributed by atoms with Crippen LogP contribution in [0.2, 0.25) is 0 Å². The first-order chi connectivity index (χ1) is 11.2. The predicted octanol–water partition coefficient (Wildman–Crippen LogP) is 7.61. The minimum Gasteiger partial charge on any atom is -0.496 e. The van der Waals surface area contributed by atoms with Crippen LogP contribution in [-0.2, 0) is 4.74 Å². The second-order valence-corrected chi connectivity index (χ2v) is 9.58. The fourth-order valence-electron chi connectivity index (χ4n) is 4.85.